The van der Waals surface area contributed by atoms with Gasteiger partial charge in [0, 0.05) is 12.2 Å². The molecule has 1 fully saturated rings. The average Bonchev–Trinajstić information content (AvgIpc) is 2.99. The normalized spacial score (nSPS) is 16.4. The molecule has 1 aliphatic heterocycles. The van der Waals surface area contributed by atoms with Gasteiger partial charge < -0.3 is 15.1 Å². The Hall–Kier alpha value is -1.75. The molecule has 19 heavy (non-hydrogen) atoms. The van der Waals surface area contributed by atoms with Gasteiger partial charge in [0.1, 0.15) is 0 Å². The Morgan fingerprint density at radius 1 is 1.21 bits per heavy atom. The number of rotatable bonds is 4. The molecule has 1 aliphatic rings. The van der Waals surface area contributed by atoms with E-state index >= 15 is 0 Å². The van der Waals surface area contributed by atoms with Crippen LogP contribution in [-0.2, 0) is 6.54 Å². The Bertz CT molecular complexity index is 623. The van der Waals surface area contributed by atoms with Crippen molar-refractivity contribution >= 4 is 16.8 Å². The maximum absolute atomic E-state index is 11.8. The molecule has 5 nitrogen and oxygen atoms in total. The maximum Gasteiger partial charge on any atom is 0.419 e. The summed E-state index contributed by atoms with van der Waals surface area (Å²) in [6.07, 6.45) is 3.56. The van der Waals surface area contributed by atoms with E-state index in [2.05, 4.69) is 4.90 Å². The van der Waals surface area contributed by atoms with Gasteiger partial charge in [0.2, 0.25) is 0 Å². The monoisotopic (exact) mass is 261 g/mol. The summed E-state index contributed by atoms with van der Waals surface area (Å²) in [5, 5.41) is 0. The first-order valence-electron chi connectivity index (χ1n) is 6.85. The first kappa shape index (κ1) is 12.3. The van der Waals surface area contributed by atoms with Crippen molar-refractivity contribution in [1.29, 1.82) is 0 Å². The van der Waals surface area contributed by atoms with Gasteiger partial charge in [0.25, 0.3) is 0 Å². The van der Waals surface area contributed by atoms with E-state index in [1.165, 1.54) is 25.9 Å². The second-order valence-electron chi connectivity index (χ2n) is 5.15. The fourth-order valence-electron chi connectivity index (χ4n) is 2.75. The quantitative estimate of drug-likeness (QED) is 0.850. The van der Waals surface area contributed by atoms with E-state index in [0.29, 0.717) is 17.8 Å². The van der Waals surface area contributed by atoms with Crippen molar-refractivity contribution in [3.05, 3.63) is 28.7 Å². The lowest BCUT2D eigenvalue weighted by atomic mass is 10.3. The van der Waals surface area contributed by atoms with Crippen LogP contribution < -0.4 is 11.5 Å². The van der Waals surface area contributed by atoms with E-state index in [9.17, 15) is 4.79 Å². The molecule has 1 saturated heterocycles. The van der Waals surface area contributed by atoms with Crippen molar-refractivity contribution in [3.8, 4) is 0 Å². The molecule has 2 aromatic rings. The van der Waals surface area contributed by atoms with Crippen LogP contribution in [0.3, 0.4) is 0 Å². The van der Waals surface area contributed by atoms with Crippen LogP contribution in [0, 0.1) is 0 Å². The highest BCUT2D eigenvalue weighted by Crippen LogP contribution is 2.17. The third kappa shape index (κ3) is 2.51. The number of fused-ring (bicyclic) bond motifs is 1. The number of oxazole rings is 1. The molecule has 0 atom stereocenters. The second kappa shape index (κ2) is 5.09. The molecule has 0 unspecified atom stereocenters. The zero-order valence-corrected chi connectivity index (χ0v) is 11.0. The Balaban J connectivity index is 1.74. The fraction of sp³-hybridized carbons (Fsp3) is 0.500. The predicted molar refractivity (Wildman–Crippen MR) is 75.2 cm³/mol. The number of nitrogens with two attached hydrogens (primary N) is 1. The third-order valence-corrected chi connectivity index (χ3v) is 3.75. The van der Waals surface area contributed by atoms with Crippen LogP contribution in [0.1, 0.15) is 19.3 Å². The Morgan fingerprint density at radius 2 is 2.00 bits per heavy atom. The first-order chi connectivity index (χ1) is 9.24. The van der Waals surface area contributed by atoms with E-state index < -0.39 is 0 Å². The average molecular weight is 261 g/mol. The maximum atomic E-state index is 11.8. The van der Waals surface area contributed by atoms with Crippen molar-refractivity contribution in [2.24, 2.45) is 0 Å². The molecule has 0 amide bonds. The summed E-state index contributed by atoms with van der Waals surface area (Å²) in [6, 6.07) is 5.30. The summed E-state index contributed by atoms with van der Waals surface area (Å²) >= 11 is 0. The number of benzene rings is 1. The molecule has 0 saturated carbocycles. The first-order valence-corrected chi connectivity index (χ1v) is 6.85. The van der Waals surface area contributed by atoms with Crippen LogP contribution in [0.4, 0.5) is 5.69 Å². The molecular weight excluding hydrogens is 242 g/mol. The number of aryl methyl sites for hydroxylation is 1. The molecule has 2 heterocycles. The van der Waals surface area contributed by atoms with Gasteiger partial charge >= 0.3 is 5.76 Å². The SMILES string of the molecule is Nc1ccc2oc(=O)n(CCCN3CCCC3)c2c1. The van der Waals surface area contributed by atoms with Crippen LogP contribution in [0.2, 0.25) is 0 Å². The highest BCUT2D eigenvalue weighted by atomic mass is 16.4. The minimum Gasteiger partial charge on any atom is -0.408 e. The Kier molecular flexibility index (Phi) is 3.29. The largest absolute Gasteiger partial charge is 0.419 e. The van der Waals surface area contributed by atoms with Gasteiger partial charge in [-0.3, -0.25) is 4.57 Å². The van der Waals surface area contributed by atoms with Crippen LogP contribution >= 0.6 is 0 Å². The molecule has 2 N–H and O–H groups in total. The number of nitrogens with zero attached hydrogens (tertiary/aromatic N) is 2. The summed E-state index contributed by atoms with van der Waals surface area (Å²) in [7, 11) is 0. The summed E-state index contributed by atoms with van der Waals surface area (Å²) in [4.78, 5) is 14.3. The van der Waals surface area contributed by atoms with Crippen LogP contribution in [0.15, 0.2) is 27.4 Å². The molecule has 1 aromatic carbocycles. The number of hydrogen-bond acceptors (Lipinski definition) is 4. The number of hydrogen-bond donors (Lipinski definition) is 1. The minimum absolute atomic E-state index is 0.290. The predicted octanol–water partition coefficient (Wildman–Crippen LogP) is 1.66. The summed E-state index contributed by atoms with van der Waals surface area (Å²) in [6.45, 7) is 4.11. The number of aromatic nitrogens is 1. The Labute approximate surface area is 111 Å². The van der Waals surface area contributed by atoms with Crippen LogP contribution in [0.5, 0.6) is 0 Å². The van der Waals surface area contributed by atoms with E-state index in [0.717, 1.165) is 18.5 Å². The lowest BCUT2D eigenvalue weighted by Gasteiger charge is -2.13. The highest BCUT2D eigenvalue weighted by Gasteiger charge is 2.12. The van der Waals surface area contributed by atoms with E-state index in [4.69, 9.17) is 10.2 Å². The van der Waals surface area contributed by atoms with Crippen LogP contribution in [-0.4, -0.2) is 29.1 Å². The molecule has 1 aromatic heterocycles. The summed E-state index contributed by atoms with van der Waals surface area (Å²) in [5.41, 5.74) is 7.83. The lowest BCUT2D eigenvalue weighted by molar-refractivity contribution is 0.323. The minimum atomic E-state index is -0.290. The van der Waals surface area contributed by atoms with Crippen molar-refractivity contribution in [2.75, 3.05) is 25.4 Å². The van der Waals surface area contributed by atoms with Gasteiger partial charge in [-0.1, -0.05) is 0 Å². The van der Waals surface area contributed by atoms with Crippen molar-refractivity contribution in [1.82, 2.24) is 9.47 Å². The van der Waals surface area contributed by atoms with Crippen molar-refractivity contribution in [2.45, 2.75) is 25.8 Å². The molecule has 0 spiro atoms. The molecule has 0 aliphatic carbocycles. The fourth-order valence-corrected chi connectivity index (χ4v) is 2.75. The Morgan fingerprint density at radius 3 is 2.79 bits per heavy atom. The zero-order valence-electron chi connectivity index (χ0n) is 11.0. The molecule has 5 heteroatoms. The molecular formula is C14H19N3O2. The van der Waals surface area contributed by atoms with Gasteiger partial charge in [0.05, 0.1) is 5.52 Å². The van der Waals surface area contributed by atoms with Crippen molar-refractivity contribution < 1.29 is 4.42 Å². The van der Waals surface area contributed by atoms with Gasteiger partial charge in [0.15, 0.2) is 5.58 Å². The topological polar surface area (TPSA) is 64.4 Å². The van der Waals surface area contributed by atoms with Gasteiger partial charge in [-0.15, -0.1) is 0 Å². The number of anilines is 1. The number of nitrogen functional groups attached to an aromatic ring is 1. The van der Waals surface area contributed by atoms with Crippen LogP contribution in [0.25, 0.3) is 11.1 Å². The van der Waals surface area contributed by atoms with E-state index in [1.54, 1.807) is 22.8 Å². The summed E-state index contributed by atoms with van der Waals surface area (Å²) < 4.78 is 6.90. The van der Waals surface area contributed by atoms with E-state index in [-0.39, 0.29) is 5.76 Å². The molecule has 102 valence electrons. The molecule has 0 radical (unpaired) electrons. The lowest BCUT2D eigenvalue weighted by Crippen LogP contribution is -2.23. The molecule has 3 rings (SSSR count). The summed E-state index contributed by atoms with van der Waals surface area (Å²) in [5.74, 6) is -0.290. The van der Waals surface area contributed by atoms with Gasteiger partial charge in [-0.25, -0.2) is 4.79 Å². The highest BCUT2D eigenvalue weighted by molar-refractivity contribution is 5.76. The zero-order chi connectivity index (χ0) is 13.2. The van der Waals surface area contributed by atoms with Gasteiger partial charge in [-0.2, -0.15) is 0 Å². The number of likely N-dealkylation sites (tertiary alicyclic amines) is 1. The van der Waals surface area contributed by atoms with Crippen molar-refractivity contribution in [3.63, 3.8) is 0 Å². The van der Waals surface area contributed by atoms with E-state index in [1.807, 2.05) is 0 Å². The standard InChI is InChI=1S/C14H19N3O2/c15-11-4-5-13-12(10-11)17(14(18)19-13)9-3-8-16-6-1-2-7-16/h4-5,10H,1-3,6-9,15H2. The van der Waals surface area contributed by atoms with Gasteiger partial charge in [-0.05, 0) is 57.1 Å². The third-order valence-electron chi connectivity index (χ3n) is 3.75. The molecule has 0 bridgehead atoms. The smallest absolute Gasteiger partial charge is 0.408 e. The second-order valence-corrected chi connectivity index (χ2v) is 5.15.